The highest BCUT2D eigenvalue weighted by Gasteiger charge is 2.36. The first kappa shape index (κ1) is 24.7. The number of hydrogen-bond donors (Lipinski definition) is 1. The van der Waals surface area contributed by atoms with Gasteiger partial charge < -0.3 is 9.84 Å². The number of hydrogen-bond acceptors (Lipinski definition) is 5. The van der Waals surface area contributed by atoms with Gasteiger partial charge in [0.2, 0.25) is 15.9 Å². The molecule has 0 saturated carbocycles. The van der Waals surface area contributed by atoms with Crippen LogP contribution in [0.15, 0.2) is 51.9 Å². The van der Waals surface area contributed by atoms with E-state index in [1.165, 1.54) is 35.5 Å². The lowest BCUT2D eigenvalue weighted by atomic mass is 9.97. The minimum atomic E-state index is -4.02. The maximum atomic E-state index is 13.9. The summed E-state index contributed by atoms with van der Waals surface area (Å²) in [7, 11) is -4.02. The van der Waals surface area contributed by atoms with Gasteiger partial charge in [0.05, 0.1) is 5.69 Å². The highest BCUT2D eigenvalue weighted by atomic mass is 32.2. The molecular formula is C24H22F3N3O4S. The van der Waals surface area contributed by atoms with Gasteiger partial charge >= 0.3 is 0 Å². The Morgan fingerprint density at radius 3 is 2.51 bits per heavy atom. The Morgan fingerprint density at radius 2 is 1.80 bits per heavy atom. The minimum absolute atomic E-state index is 0.0349. The zero-order valence-corrected chi connectivity index (χ0v) is 19.5. The summed E-state index contributed by atoms with van der Waals surface area (Å²) in [6.45, 7) is 1.56. The topological polar surface area (TPSA) is 92.5 Å². The summed E-state index contributed by atoms with van der Waals surface area (Å²) in [6, 6.07) is 8.76. The van der Waals surface area contributed by atoms with Crippen LogP contribution in [0.3, 0.4) is 0 Å². The van der Waals surface area contributed by atoms with Crippen molar-refractivity contribution in [1.82, 2.24) is 9.46 Å². The maximum Gasteiger partial charge on any atom is 0.248 e. The predicted molar refractivity (Wildman–Crippen MR) is 123 cm³/mol. The third kappa shape index (κ3) is 5.30. The van der Waals surface area contributed by atoms with Crippen LogP contribution in [0.1, 0.15) is 29.9 Å². The SMILES string of the molecule is Cc1noc(/C=C/c2ccccc2F)c1S(=O)(=O)N1CCC(C(=O)Nc2cc(F)ccc2F)CC1. The normalized spacial score (nSPS) is 15.5. The monoisotopic (exact) mass is 505 g/mol. The number of nitrogens with one attached hydrogen (secondary N) is 1. The van der Waals surface area contributed by atoms with E-state index < -0.39 is 39.3 Å². The average molecular weight is 506 g/mol. The molecule has 0 spiro atoms. The van der Waals surface area contributed by atoms with E-state index in [1.54, 1.807) is 12.1 Å². The van der Waals surface area contributed by atoms with E-state index >= 15 is 0 Å². The Kier molecular flexibility index (Phi) is 7.08. The van der Waals surface area contributed by atoms with Crippen LogP contribution in [-0.2, 0) is 14.8 Å². The molecule has 1 aromatic heterocycles. The molecule has 0 radical (unpaired) electrons. The second kappa shape index (κ2) is 10.0. The Labute approximate surface area is 200 Å². The zero-order chi connectivity index (χ0) is 25.2. The number of halogens is 3. The minimum Gasteiger partial charge on any atom is -0.355 e. The molecule has 1 saturated heterocycles. The molecule has 1 fully saturated rings. The molecular weight excluding hydrogens is 483 g/mol. The summed E-state index contributed by atoms with van der Waals surface area (Å²) in [5.41, 5.74) is 0.141. The van der Waals surface area contributed by atoms with Gasteiger partial charge in [0.15, 0.2) is 10.7 Å². The molecule has 7 nitrogen and oxygen atoms in total. The Bertz CT molecular complexity index is 1380. The average Bonchev–Trinajstić information content (AvgIpc) is 3.22. The lowest BCUT2D eigenvalue weighted by Gasteiger charge is -2.30. The molecule has 1 aliphatic heterocycles. The van der Waals surface area contributed by atoms with E-state index in [0.717, 1.165) is 18.2 Å². The predicted octanol–water partition coefficient (Wildman–Crippen LogP) is 4.61. The fourth-order valence-corrected chi connectivity index (χ4v) is 5.61. The summed E-state index contributed by atoms with van der Waals surface area (Å²) in [6.07, 6.45) is 3.12. The van der Waals surface area contributed by atoms with Crippen LogP contribution in [0, 0.1) is 30.3 Å². The standard InChI is InChI=1S/C24H22F3N3O4S/c1-15-23(22(34-29-15)9-6-16-4-2-3-5-19(16)26)35(32,33)30-12-10-17(11-13-30)24(31)28-21-14-18(25)7-8-20(21)27/h2-9,14,17H,10-13H2,1H3,(H,28,31)/b9-6+. The molecule has 184 valence electrons. The molecule has 2 aromatic carbocycles. The van der Waals surface area contributed by atoms with Gasteiger partial charge in [-0.25, -0.2) is 21.6 Å². The summed E-state index contributed by atoms with van der Waals surface area (Å²) in [4.78, 5) is 12.4. The molecule has 1 aliphatic rings. The van der Waals surface area contributed by atoms with Gasteiger partial charge in [-0.3, -0.25) is 4.79 Å². The Balaban J connectivity index is 1.46. The molecule has 2 heterocycles. The van der Waals surface area contributed by atoms with E-state index in [-0.39, 0.29) is 53.5 Å². The number of carbonyl (C=O) groups is 1. The van der Waals surface area contributed by atoms with Gasteiger partial charge in [0, 0.05) is 30.6 Å². The number of sulfonamides is 1. The van der Waals surface area contributed by atoms with Crippen molar-refractivity contribution < 1.29 is 30.9 Å². The van der Waals surface area contributed by atoms with E-state index in [0.29, 0.717) is 0 Å². The summed E-state index contributed by atoms with van der Waals surface area (Å²) in [5, 5.41) is 6.13. The number of anilines is 1. The van der Waals surface area contributed by atoms with Crippen molar-refractivity contribution in [2.45, 2.75) is 24.7 Å². The van der Waals surface area contributed by atoms with Crippen molar-refractivity contribution >= 4 is 33.8 Å². The Morgan fingerprint density at radius 1 is 1.09 bits per heavy atom. The molecule has 4 rings (SSSR count). The van der Waals surface area contributed by atoms with Crippen LogP contribution < -0.4 is 5.32 Å². The van der Waals surface area contributed by atoms with Gasteiger partial charge in [-0.1, -0.05) is 23.4 Å². The molecule has 1 N–H and O–H groups in total. The van der Waals surface area contributed by atoms with Crippen LogP contribution >= 0.6 is 0 Å². The molecule has 35 heavy (non-hydrogen) atoms. The van der Waals surface area contributed by atoms with Gasteiger partial charge in [-0.15, -0.1) is 0 Å². The number of benzene rings is 2. The highest BCUT2D eigenvalue weighted by molar-refractivity contribution is 7.89. The number of carbonyl (C=O) groups excluding carboxylic acids is 1. The molecule has 3 aromatic rings. The molecule has 0 aliphatic carbocycles. The second-order valence-corrected chi connectivity index (χ2v) is 9.98. The summed E-state index contributed by atoms with van der Waals surface area (Å²) in [5.74, 6) is -3.05. The zero-order valence-electron chi connectivity index (χ0n) is 18.7. The number of nitrogens with zero attached hydrogens (tertiary/aromatic N) is 2. The Hall–Kier alpha value is -3.44. The van der Waals surface area contributed by atoms with Crippen molar-refractivity contribution in [3.63, 3.8) is 0 Å². The number of amides is 1. The maximum absolute atomic E-state index is 13.9. The number of piperidine rings is 1. The van der Waals surface area contributed by atoms with Crippen molar-refractivity contribution in [2.75, 3.05) is 18.4 Å². The van der Waals surface area contributed by atoms with Gasteiger partial charge in [0.1, 0.15) is 23.1 Å². The smallest absolute Gasteiger partial charge is 0.248 e. The molecule has 1 amide bonds. The third-order valence-corrected chi connectivity index (χ3v) is 7.82. The number of aromatic nitrogens is 1. The van der Waals surface area contributed by atoms with Gasteiger partial charge in [-0.05, 0) is 50.1 Å². The van der Waals surface area contributed by atoms with Crippen molar-refractivity contribution in [3.05, 3.63) is 76.9 Å². The van der Waals surface area contributed by atoms with E-state index in [2.05, 4.69) is 10.5 Å². The van der Waals surface area contributed by atoms with E-state index in [1.807, 2.05) is 0 Å². The van der Waals surface area contributed by atoms with Crippen LogP contribution in [0.4, 0.5) is 18.9 Å². The molecule has 0 atom stereocenters. The molecule has 0 unspecified atom stereocenters. The summed E-state index contributed by atoms with van der Waals surface area (Å²) < 4.78 is 74.2. The lowest BCUT2D eigenvalue weighted by Crippen LogP contribution is -2.41. The molecule has 11 heteroatoms. The largest absolute Gasteiger partial charge is 0.355 e. The van der Waals surface area contributed by atoms with Crippen LogP contribution in [0.5, 0.6) is 0 Å². The number of aryl methyl sites for hydroxylation is 1. The van der Waals surface area contributed by atoms with Crippen molar-refractivity contribution in [3.8, 4) is 0 Å². The van der Waals surface area contributed by atoms with Crippen LogP contribution in [-0.4, -0.2) is 36.9 Å². The summed E-state index contributed by atoms with van der Waals surface area (Å²) >= 11 is 0. The van der Waals surface area contributed by atoms with Crippen LogP contribution in [0.2, 0.25) is 0 Å². The van der Waals surface area contributed by atoms with Crippen molar-refractivity contribution in [1.29, 1.82) is 0 Å². The van der Waals surface area contributed by atoms with E-state index in [9.17, 15) is 26.4 Å². The quantitative estimate of drug-likeness (QED) is 0.528. The fraction of sp³-hybridized carbons (Fsp3) is 0.250. The lowest BCUT2D eigenvalue weighted by molar-refractivity contribution is -0.120. The first-order chi connectivity index (χ1) is 16.7. The first-order valence-electron chi connectivity index (χ1n) is 10.8. The van der Waals surface area contributed by atoms with Crippen molar-refractivity contribution in [2.24, 2.45) is 5.92 Å². The van der Waals surface area contributed by atoms with Gasteiger partial charge in [0.25, 0.3) is 0 Å². The van der Waals surface area contributed by atoms with E-state index in [4.69, 9.17) is 4.52 Å². The number of rotatable bonds is 6. The molecule has 0 bridgehead atoms. The third-order valence-electron chi connectivity index (χ3n) is 5.76. The van der Waals surface area contributed by atoms with Crippen LogP contribution in [0.25, 0.3) is 12.2 Å². The highest BCUT2D eigenvalue weighted by Crippen LogP contribution is 2.30. The second-order valence-electron chi connectivity index (χ2n) is 8.11. The van der Waals surface area contributed by atoms with Gasteiger partial charge in [-0.2, -0.15) is 4.31 Å². The fourth-order valence-electron chi connectivity index (χ4n) is 3.89. The first-order valence-corrected chi connectivity index (χ1v) is 12.3.